The van der Waals surface area contributed by atoms with Crippen molar-refractivity contribution >= 4 is 17.4 Å². The number of nitrogens with zero attached hydrogens (tertiary/aromatic N) is 2. The summed E-state index contributed by atoms with van der Waals surface area (Å²) in [5.74, 6) is 0.806. The van der Waals surface area contributed by atoms with Crippen LogP contribution in [0.4, 0.5) is 4.79 Å². The lowest BCUT2D eigenvalue weighted by Crippen LogP contribution is -2.44. The predicted octanol–water partition coefficient (Wildman–Crippen LogP) is 2.49. The molecule has 0 unspecified atom stereocenters. The Balaban J connectivity index is 1.86. The van der Waals surface area contributed by atoms with Gasteiger partial charge in [-0.05, 0) is 35.4 Å². The molecule has 2 amide bonds. The number of urea groups is 1. The van der Waals surface area contributed by atoms with E-state index in [4.69, 9.17) is 4.74 Å². The molecule has 0 spiro atoms. The van der Waals surface area contributed by atoms with Gasteiger partial charge < -0.3 is 19.9 Å². The maximum absolute atomic E-state index is 12.6. The Kier molecular flexibility index (Phi) is 7.33. The Morgan fingerprint density at radius 1 is 1.57 bits per heavy atom. The zero-order chi connectivity index (χ0) is 16.7. The van der Waals surface area contributed by atoms with Gasteiger partial charge in [0.1, 0.15) is 0 Å². The van der Waals surface area contributed by atoms with Gasteiger partial charge in [0.25, 0.3) is 0 Å². The molecule has 6 heteroatoms. The van der Waals surface area contributed by atoms with E-state index >= 15 is 0 Å². The number of likely N-dealkylation sites (N-methyl/N-ethyl adjacent to an activating group) is 1. The van der Waals surface area contributed by atoms with Crippen LogP contribution in [0.25, 0.3) is 0 Å². The van der Waals surface area contributed by atoms with E-state index in [1.54, 1.807) is 11.3 Å². The molecule has 1 aliphatic heterocycles. The van der Waals surface area contributed by atoms with Crippen molar-refractivity contribution in [3.05, 3.63) is 22.4 Å². The molecule has 5 nitrogen and oxygen atoms in total. The summed E-state index contributed by atoms with van der Waals surface area (Å²) >= 11 is 1.67. The van der Waals surface area contributed by atoms with Gasteiger partial charge in [-0.3, -0.25) is 0 Å². The Hall–Kier alpha value is -1.11. The lowest BCUT2D eigenvalue weighted by molar-refractivity contribution is 0.121. The Bertz CT molecular complexity index is 464. The fourth-order valence-electron chi connectivity index (χ4n) is 2.79. The van der Waals surface area contributed by atoms with E-state index in [1.165, 1.54) is 5.56 Å². The zero-order valence-electron chi connectivity index (χ0n) is 14.5. The summed E-state index contributed by atoms with van der Waals surface area (Å²) in [6.07, 6.45) is 0. The normalized spacial score (nSPS) is 19.6. The third-order valence-electron chi connectivity index (χ3n) is 3.91. The number of rotatable bonds is 6. The van der Waals surface area contributed by atoms with Gasteiger partial charge in [-0.25, -0.2) is 4.79 Å². The number of nitrogens with one attached hydrogen (secondary N) is 1. The van der Waals surface area contributed by atoms with Crippen molar-refractivity contribution in [1.82, 2.24) is 15.1 Å². The van der Waals surface area contributed by atoms with Gasteiger partial charge in [-0.2, -0.15) is 11.3 Å². The molecule has 0 aromatic carbocycles. The second kappa shape index (κ2) is 9.25. The summed E-state index contributed by atoms with van der Waals surface area (Å²) in [5.41, 5.74) is 1.20. The van der Waals surface area contributed by atoms with Crippen LogP contribution in [0.1, 0.15) is 19.4 Å². The summed E-state index contributed by atoms with van der Waals surface area (Å²) in [5, 5.41) is 7.26. The van der Waals surface area contributed by atoms with Crippen LogP contribution >= 0.6 is 11.3 Å². The average Bonchev–Trinajstić information content (AvgIpc) is 2.91. The highest BCUT2D eigenvalue weighted by molar-refractivity contribution is 7.07. The van der Waals surface area contributed by atoms with Gasteiger partial charge in [0.2, 0.25) is 0 Å². The largest absolute Gasteiger partial charge is 0.380 e. The van der Waals surface area contributed by atoms with Gasteiger partial charge >= 0.3 is 6.03 Å². The van der Waals surface area contributed by atoms with E-state index in [0.29, 0.717) is 24.9 Å². The topological polar surface area (TPSA) is 44.8 Å². The van der Waals surface area contributed by atoms with Crippen LogP contribution < -0.4 is 5.32 Å². The van der Waals surface area contributed by atoms with Gasteiger partial charge in [0, 0.05) is 38.6 Å². The van der Waals surface area contributed by atoms with Crippen LogP contribution in [0.3, 0.4) is 0 Å². The van der Waals surface area contributed by atoms with Crippen LogP contribution in [-0.4, -0.2) is 62.3 Å². The molecule has 130 valence electrons. The second-order valence-electron chi connectivity index (χ2n) is 6.80. The summed E-state index contributed by atoms with van der Waals surface area (Å²) in [7, 11) is 2.10. The molecule has 1 fully saturated rings. The van der Waals surface area contributed by atoms with Crippen LogP contribution in [-0.2, 0) is 11.3 Å². The molecule has 0 saturated carbocycles. The van der Waals surface area contributed by atoms with E-state index in [2.05, 4.69) is 47.9 Å². The van der Waals surface area contributed by atoms with Gasteiger partial charge in [0.15, 0.2) is 0 Å². The minimum absolute atomic E-state index is 0.0248. The molecule has 1 saturated heterocycles. The van der Waals surface area contributed by atoms with Gasteiger partial charge in [-0.1, -0.05) is 13.8 Å². The van der Waals surface area contributed by atoms with Crippen molar-refractivity contribution in [1.29, 1.82) is 0 Å². The molecule has 1 atom stereocenters. The maximum Gasteiger partial charge on any atom is 0.317 e. The minimum Gasteiger partial charge on any atom is -0.380 e. The fourth-order valence-corrected chi connectivity index (χ4v) is 3.44. The molecule has 2 heterocycles. The first kappa shape index (κ1) is 18.2. The van der Waals surface area contributed by atoms with Crippen molar-refractivity contribution < 1.29 is 9.53 Å². The molecule has 1 N–H and O–H groups in total. The number of hydrogen-bond donors (Lipinski definition) is 1. The number of ether oxygens (including phenoxy) is 1. The van der Waals surface area contributed by atoms with E-state index in [-0.39, 0.29) is 6.03 Å². The average molecular weight is 340 g/mol. The SMILES string of the molecule is CC(C)CN(Cc1ccsc1)C(=O)NC[C@@H]1COCCN(C)C1. The van der Waals surface area contributed by atoms with Gasteiger partial charge in [0.05, 0.1) is 13.2 Å². The summed E-state index contributed by atoms with van der Waals surface area (Å²) in [6, 6.07) is 2.11. The molecule has 2 rings (SSSR count). The first-order valence-corrected chi connectivity index (χ1v) is 9.29. The third kappa shape index (κ3) is 6.49. The number of carbonyl (C=O) groups excluding carboxylic acids is 1. The van der Waals surface area contributed by atoms with Crippen LogP contribution in [0, 0.1) is 11.8 Å². The smallest absolute Gasteiger partial charge is 0.317 e. The molecule has 0 aliphatic carbocycles. The molecule has 1 aliphatic rings. The van der Waals surface area contributed by atoms with Crippen LogP contribution in [0.15, 0.2) is 16.8 Å². The second-order valence-corrected chi connectivity index (χ2v) is 7.58. The zero-order valence-corrected chi connectivity index (χ0v) is 15.3. The summed E-state index contributed by atoms with van der Waals surface area (Å²) in [6.45, 7) is 9.82. The Labute approximate surface area is 143 Å². The lowest BCUT2D eigenvalue weighted by Gasteiger charge is -2.26. The maximum atomic E-state index is 12.6. The Morgan fingerprint density at radius 3 is 3.09 bits per heavy atom. The number of amides is 2. The standard InChI is InChI=1S/C17H29N3O2S/c1-14(2)9-20(11-15-4-7-23-13-15)17(21)18-8-16-10-19(3)5-6-22-12-16/h4,7,13-14,16H,5-6,8-12H2,1-3H3,(H,18,21)/t16-/m0/s1. The molecule has 0 bridgehead atoms. The van der Waals surface area contributed by atoms with E-state index in [0.717, 1.165) is 32.8 Å². The first-order valence-electron chi connectivity index (χ1n) is 8.34. The molecular formula is C17H29N3O2S. The highest BCUT2D eigenvalue weighted by atomic mass is 32.1. The van der Waals surface area contributed by atoms with Crippen molar-refractivity contribution in [2.75, 3.05) is 46.4 Å². The van der Waals surface area contributed by atoms with Crippen molar-refractivity contribution in [3.63, 3.8) is 0 Å². The fraction of sp³-hybridized carbons (Fsp3) is 0.706. The summed E-state index contributed by atoms with van der Waals surface area (Å²) in [4.78, 5) is 16.8. The quantitative estimate of drug-likeness (QED) is 0.866. The molecule has 1 aromatic heterocycles. The number of carbonyl (C=O) groups is 1. The summed E-state index contributed by atoms with van der Waals surface area (Å²) < 4.78 is 5.61. The minimum atomic E-state index is 0.0248. The van der Waals surface area contributed by atoms with Crippen LogP contribution in [0.5, 0.6) is 0 Å². The number of thiophene rings is 1. The monoisotopic (exact) mass is 339 g/mol. The first-order chi connectivity index (χ1) is 11.0. The number of hydrogen-bond acceptors (Lipinski definition) is 4. The van der Waals surface area contributed by atoms with Crippen molar-refractivity contribution in [3.8, 4) is 0 Å². The van der Waals surface area contributed by atoms with E-state index < -0.39 is 0 Å². The van der Waals surface area contributed by atoms with Crippen molar-refractivity contribution in [2.24, 2.45) is 11.8 Å². The molecule has 1 aromatic rings. The van der Waals surface area contributed by atoms with E-state index in [9.17, 15) is 4.79 Å². The van der Waals surface area contributed by atoms with Gasteiger partial charge in [-0.15, -0.1) is 0 Å². The van der Waals surface area contributed by atoms with Crippen molar-refractivity contribution in [2.45, 2.75) is 20.4 Å². The molecule has 0 radical (unpaired) electrons. The Morgan fingerprint density at radius 2 is 2.39 bits per heavy atom. The van der Waals surface area contributed by atoms with Crippen LogP contribution in [0.2, 0.25) is 0 Å². The van der Waals surface area contributed by atoms with E-state index in [1.807, 2.05) is 4.90 Å². The lowest BCUT2D eigenvalue weighted by atomic mass is 10.1. The third-order valence-corrected chi connectivity index (χ3v) is 4.64. The highest BCUT2D eigenvalue weighted by Gasteiger charge is 2.20. The molecule has 23 heavy (non-hydrogen) atoms. The highest BCUT2D eigenvalue weighted by Crippen LogP contribution is 2.12. The molecular weight excluding hydrogens is 310 g/mol. The predicted molar refractivity (Wildman–Crippen MR) is 94.8 cm³/mol.